The van der Waals surface area contributed by atoms with Crippen LogP contribution in [0.4, 0.5) is 4.39 Å². The summed E-state index contributed by atoms with van der Waals surface area (Å²) in [5, 5.41) is 5.64. The lowest BCUT2D eigenvalue weighted by Gasteiger charge is -2.09. The monoisotopic (exact) mass is 282 g/mol. The van der Waals surface area contributed by atoms with Crippen LogP contribution in [0.2, 0.25) is 0 Å². The Bertz CT molecular complexity index is 489. The van der Waals surface area contributed by atoms with Gasteiger partial charge in [-0.15, -0.1) is 0 Å². The molecule has 110 valence electrons. The lowest BCUT2D eigenvalue weighted by atomic mass is 10.1. The van der Waals surface area contributed by atoms with Gasteiger partial charge >= 0.3 is 5.97 Å². The highest BCUT2D eigenvalue weighted by Gasteiger charge is 2.12. The van der Waals surface area contributed by atoms with E-state index in [2.05, 4.69) is 15.4 Å². The van der Waals surface area contributed by atoms with Crippen LogP contribution < -0.4 is 10.6 Å². The maximum atomic E-state index is 13.6. The molecule has 1 amide bonds. The van der Waals surface area contributed by atoms with Crippen molar-refractivity contribution in [3.05, 3.63) is 35.1 Å². The van der Waals surface area contributed by atoms with Crippen molar-refractivity contribution in [1.29, 1.82) is 0 Å². The maximum Gasteiger partial charge on any atom is 0.340 e. The van der Waals surface area contributed by atoms with E-state index in [1.165, 1.54) is 19.2 Å². The molecule has 5 nitrogen and oxygen atoms in total. The van der Waals surface area contributed by atoms with E-state index in [0.717, 1.165) is 0 Å². The molecule has 20 heavy (non-hydrogen) atoms. The van der Waals surface area contributed by atoms with Crippen molar-refractivity contribution in [2.45, 2.75) is 26.4 Å². The summed E-state index contributed by atoms with van der Waals surface area (Å²) in [6.45, 7) is 4.24. The normalized spacial score (nSPS) is 10.4. The lowest BCUT2D eigenvalue weighted by molar-refractivity contribution is -0.120. The van der Waals surface area contributed by atoms with Crippen molar-refractivity contribution in [3.8, 4) is 0 Å². The van der Waals surface area contributed by atoms with Crippen molar-refractivity contribution < 1.29 is 18.7 Å². The summed E-state index contributed by atoms with van der Waals surface area (Å²) in [5.74, 6) is -1.47. The van der Waals surface area contributed by atoms with Gasteiger partial charge in [-0.2, -0.15) is 0 Å². The summed E-state index contributed by atoms with van der Waals surface area (Å²) in [4.78, 5) is 22.6. The number of carbonyl (C=O) groups excluding carboxylic acids is 2. The Morgan fingerprint density at radius 1 is 1.35 bits per heavy atom. The molecule has 1 aromatic carbocycles. The minimum absolute atomic E-state index is 0.0843. The molecule has 1 rings (SSSR count). The first-order chi connectivity index (χ1) is 9.43. The first-order valence-corrected chi connectivity index (χ1v) is 6.31. The first kappa shape index (κ1) is 16.1. The largest absolute Gasteiger partial charge is 0.465 e. The van der Waals surface area contributed by atoms with Gasteiger partial charge in [-0.3, -0.25) is 4.79 Å². The predicted octanol–water partition coefficient (Wildman–Crippen LogP) is 1.23. The average Bonchev–Trinajstić information content (AvgIpc) is 2.37. The highest BCUT2D eigenvalue weighted by Crippen LogP contribution is 2.11. The number of carbonyl (C=O) groups is 2. The summed E-state index contributed by atoms with van der Waals surface area (Å²) in [7, 11) is 1.20. The Hall–Kier alpha value is -1.95. The zero-order chi connectivity index (χ0) is 15.1. The molecular weight excluding hydrogens is 263 g/mol. The van der Waals surface area contributed by atoms with Gasteiger partial charge in [0.05, 0.1) is 19.2 Å². The van der Waals surface area contributed by atoms with Gasteiger partial charge in [0.15, 0.2) is 0 Å². The summed E-state index contributed by atoms with van der Waals surface area (Å²) in [6, 6.07) is 4.32. The molecule has 2 N–H and O–H groups in total. The van der Waals surface area contributed by atoms with Crippen molar-refractivity contribution >= 4 is 11.9 Å². The van der Waals surface area contributed by atoms with Crippen LogP contribution in [-0.4, -0.2) is 31.6 Å². The lowest BCUT2D eigenvalue weighted by Crippen LogP contribution is -2.37. The zero-order valence-electron chi connectivity index (χ0n) is 11.8. The van der Waals surface area contributed by atoms with Gasteiger partial charge in [-0.1, -0.05) is 6.07 Å². The van der Waals surface area contributed by atoms with Gasteiger partial charge in [0.2, 0.25) is 5.91 Å². The van der Waals surface area contributed by atoms with Gasteiger partial charge in [-0.05, 0) is 31.5 Å². The van der Waals surface area contributed by atoms with E-state index in [0.29, 0.717) is 12.1 Å². The minimum atomic E-state index is -0.710. The van der Waals surface area contributed by atoms with Crippen LogP contribution >= 0.6 is 0 Å². The molecular formula is C14H19FN2O3. The molecule has 0 bridgehead atoms. The van der Waals surface area contributed by atoms with Crippen LogP contribution in [0.5, 0.6) is 0 Å². The third kappa shape index (κ3) is 4.97. The van der Waals surface area contributed by atoms with E-state index < -0.39 is 11.8 Å². The number of methoxy groups -OCH3 is 1. The summed E-state index contributed by atoms with van der Waals surface area (Å²) < 4.78 is 18.1. The van der Waals surface area contributed by atoms with Crippen LogP contribution in [0.25, 0.3) is 0 Å². The molecule has 0 saturated carbocycles. The second kappa shape index (κ2) is 7.59. The van der Waals surface area contributed by atoms with Crippen molar-refractivity contribution in [2.75, 3.05) is 13.7 Å². The van der Waals surface area contributed by atoms with Gasteiger partial charge < -0.3 is 15.4 Å². The van der Waals surface area contributed by atoms with E-state index in [9.17, 15) is 14.0 Å². The molecule has 1 aromatic rings. The second-order valence-corrected chi connectivity index (χ2v) is 4.63. The van der Waals surface area contributed by atoms with Crippen LogP contribution in [0.3, 0.4) is 0 Å². The third-order valence-electron chi connectivity index (χ3n) is 2.50. The third-order valence-corrected chi connectivity index (χ3v) is 2.50. The molecule has 0 unspecified atom stereocenters. The summed E-state index contributed by atoms with van der Waals surface area (Å²) in [6.07, 6.45) is 0. The molecule has 0 atom stereocenters. The SMILES string of the molecule is COC(=O)c1ccc(CNCC(=O)NC(C)C)cc1F. The molecule has 0 spiro atoms. The number of ether oxygens (including phenoxy) is 1. The fourth-order valence-electron chi connectivity index (χ4n) is 1.64. The van der Waals surface area contributed by atoms with Gasteiger partial charge in [0.1, 0.15) is 5.82 Å². The topological polar surface area (TPSA) is 67.4 Å². The number of nitrogens with one attached hydrogen (secondary N) is 2. The van der Waals surface area contributed by atoms with E-state index in [-0.39, 0.29) is 24.1 Å². The molecule has 0 aliphatic rings. The van der Waals surface area contributed by atoms with Crippen LogP contribution in [0.15, 0.2) is 18.2 Å². The molecule has 0 fully saturated rings. The van der Waals surface area contributed by atoms with Crippen molar-refractivity contribution in [2.24, 2.45) is 0 Å². The van der Waals surface area contributed by atoms with Crippen LogP contribution in [0, 0.1) is 5.82 Å². The first-order valence-electron chi connectivity index (χ1n) is 6.31. The Kier molecular flexibility index (Phi) is 6.11. The number of amides is 1. The molecule has 0 heterocycles. The number of benzene rings is 1. The standard InChI is InChI=1S/C14H19FN2O3/c1-9(2)17-13(18)8-16-7-10-4-5-11(12(15)6-10)14(19)20-3/h4-6,9,16H,7-8H2,1-3H3,(H,17,18). The van der Waals surface area contributed by atoms with E-state index in [4.69, 9.17) is 0 Å². The summed E-state index contributed by atoms with van der Waals surface area (Å²) >= 11 is 0. The van der Waals surface area contributed by atoms with E-state index >= 15 is 0 Å². The fraction of sp³-hybridized carbons (Fsp3) is 0.429. The molecule has 0 aliphatic carbocycles. The van der Waals surface area contributed by atoms with E-state index in [1.54, 1.807) is 6.07 Å². The van der Waals surface area contributed by atoms with E-state index in [1.807, 2.05) is 13.8 Å². The number of hydrogen-bond donors (Lipinski definition) is 2. The molecule has 0 aromatic heterocycles. The maximum absolute atomic E-state index is 13.6. The highest BCUT2D eigenvalue weighted by atomic mass is 19.1. The second-order valence-electron chi connectivity index (χ2n) is 4.63. The van der Waals surface area contributed by atoms with Crippen LogP contribution in [-0.2, 0) is 16.1 Å². The number of halogens is 1. The smallest absolute Gasteiger partial charge is 0.340 e. The molecule has 0 saturated heterocycles. The predicted molar refractivity (Wildman–Crippen MR) is 72.7 cm³/mol. The molecule has 0 radical (unpaired) electrons. The zero-order valence-corrected chi connectivity index (χ0v) is 11.8. The number of esters is 1. The highest BCUT2D eigenvalue weighted by molar-refractivity contribution is 5.89. The fourth-order valence-corrected chi connectivity index (χ4v) is 1.64. The molecule has 6 heteroatoms. The van der Waals surface area contributed by atoms with Crippen LogP contribution in [0.1, 0.15) is 29.8 Å². The van der Waals surface area contributed by atoms with Gasteiger partial charge in [0.25, 0.3) is 0 Å². The summed E-state index contributed by atoms with van der Waals surface area (Å²) in [5.41, 5.74) is 0.543. The average molecular weight is 282 g/mol. The van der Waals surface area contributed by atoms with Gasteiger partial charge in [0, 0.05) is 12.6 Å². The number of rotatable bonds is 6. The van der Waals surface area contributed by atoms with Crippen molar-refractivity contribution in [3.63, 3.8) is 0 Å². The minimum Gasteiger partial charge on any atom is -0.465 e. The van der Waals surface area contributed by atoms with Crippen molar-refractivity contribution in [1.82, 2.24) is 10.6 Å². The van der Waals surface area contributed by atoms with Gasteiger partial charge in [-0.25, -0.2) is 9.18 Å². The Labute approximate surface area is 117 Å². The quantitative estimate of drug-likeness (QED) is 0.770. The number of hydrogen-bond acceptors (Lipinski definition) is 4. The Morgan fingerprint density at radius 3 is 2.60 bits per heavy atom. The molecule has 0 aliphatic heterocycles. The Morgan fingerprint density at radius 2 is 2.05 bits per heavy atom. The Balaban J connectivity index is 2.52.